The van der Waals surface area contributed by atoms with Crippen molar-refractivity contribution in [3.8, 4) is 5.75 Å². The second-order valence-corrected chi connectivity index (χ2v) is 5.73. The highest BCUT2D eigenvalue weighted by molar-refractivity contribution is 7.71. The smallest absolute Gasteiger partial charge is 0.216 e. The van der Waals surface area contributed by atoms with Crippen LogP contribution in [0.2, 0.25) is 0 Å². The first-order chi connectivity index (χ1) is 10.6. The minimum Gasteiger partial charge on any atom is -0.491 e. The van der Waals surface area contributed by atoms with Crippen LogP contribution in [0.25, 0.3) is 0 Å². The summed E-state index contributed by atoms with van der Waals surface area (Å²) in [6.45, 7) is 6.16. The molecule has 0 atom stereocenters. The van der Waals surface area contributed by atoms with Crippen molar-refractivity contribution < 1.29 is 4.74 Å². The number of nitrogens with zero attached hydrogens (tertiary/aromatic N) is 3. The third-order valence-electron chi connectivity index (χ3n) is 3.05. The van der Waals surface area contributed by atoms with Crippen LogP contribution in [0.5, 0.6) is 5.75 Å². The van der Waals surface area contributed by atoms with Gasteiger partial charge in [0.15, 0.2) is 5.82 Å². The van der Waals surface area contributed by atoms with Gasteiger partial charge in [0.1, 0.15) is 5.75 Å². The number of aromatic amines is 1. The number of aryl methyl sites for hydroxylation is 1. The molecular formula is C16H22N4OS. The molecule has 1 aromatic heterocycles. The van der Waals surface area contributed by atoms with Gasteiger partial charge in [-0.3, -0.25) is 5.10 Å². The van der Waals surface area contributed by atoms with E-state index < -0.39 is 0 Å². The predicted octanol–water partition coefficient (Wildman–Crippen LogP) is 3.95. The highest BCUT2D eigenvalue weighted by Crippen LogP contribution is 2.13. The Morgan fingerprint density at radius 1 is 1.36 bits per heavy atom. The standard InChI is InChI=1S/C16H22N4OS/c1-4-5-6-15-18-19-16(22)20(15)17-11-13-7-9-14(10-8-13)21-12(2)3/h7-12H,4-6H2,1-3H3,(H,19,22)/b17-11+. The van der Waals surface area contributed by atoms with Crippen molar-refractivity contribution in [3.63, 3.8) is 0 Å². The number of ether oxygens (including phenoxy) is 1. The molecule has 0 radical (unpaired) electrons. The number of benzene rings is 1. The van der Waals surface area contributed by atoms with Gasteiger partial charge in [0.05, 0.1) is 12.3 Å². The maximum atomic E-state index is 5.62. The Kier molecular flexibility index (Phi) is 5.89. The Morgan fingerprint density at radius 2 is 2.09 bits per heavy atom. The Hall–Kier alpha value is -1.95. The van der Waals surface area contributed by atoms with Crippen molar-refractivity contribution >= 4 is 18.4 Å². The third-order valence-corrected chi connectivity index (χ3v) is 3.31. The summed E-state index contributed by atoms with van der Waals surface area (Å²) in [5, 5.41) is 11.5. The molecular weight excluding hydrogens is 296 g/mol. The normalized spacial score (nSPS) is 11.5. The van der Waals surface area contributed by atoms with Crippen molar-refractivity contribution in [2.75, 3.05) is 0 Å². The van der Waals surface area contributed by atoms with Crippen LogP contribution in [0.4, 0.5) is 0 Å². The molecule has 22 heavy (non-hydrogen) atoms. The molecule has 0 amide bonds. The summed E-state index contributed by atoms with van der Waals surface area (Å²) in [5.41, 5.74) is 0.987. The Balaban J connectivity index is 2.11. The molecule has 0 aliphatic carbocycles. The topological polar surface area (TPSA) is 55.2 Å². The minimum atomic E-state index is 0.171. The Bertz CT molecular complexity index is 670. The van der Waals surface area contributed by atoms with Gasteiger partial charge in [-0.2, -0.15) is 14.9 Å². The molecule has 1 aromatic carbocycles. The van der Waals surface area contributed by atoms with E-state index in [0.717, 1.165) is 36.4 Å². The van der Waals surface area contributed by atoms with Gasteiger partial charge >= 0.3 is 0 Å². The van der Waals surface area contributed by atoms with Crippen LogP contribution in [0.3, 0.4) is 0 Å². The fraction of sp³-hybridized carbons (Fsp3) is 0.438. The van der Waals surface area contributed by atoms with Crippen molar-refractivity contribution in [2.45, 2.75) is 46.1 Å². The third kappa shape index (κ3) is 4.53. The van der Waals surface area contributed by atoms with E-state index in [4.69, 9.17) is 17.0 Å². The molecule has 118 valence electrons. The van der Waals surface area contributed by atoms with Gasteiger partial charge in [-0.25, -0.2) is 0 Å². The largest absolute Gasteiger partial charge is 0.491 e. The van der Waals surface area contributed by atoms with Crippen molar-refractivity contribution in [3.05, 3.63) is 40.4 Å². The van der Waals surface area contributed by atoms with Crippen LogP contribution in [-0.2, 0) is 6.42 Å². The highest BCUT2D eigenvalue weighted by atomic mass is 32.1. The van der Waals surface area contributed by atoms with Crippen LogP contribution < -0.4 is 4.74 Å². The van der Waals surface area contributed by atoms with E-state index in [2.05, 4.69) is 22.2 Å². The first-order valence-electron chi connectivity index (χ1n) is 7.57. The molecule has 2 rings (SSSR count). The molecule has 1 heterocycles. The lowest BCUT2D eigenvalue weighted by molar-refractivity contribution is 0.242. The molecule has 0 aliphatic rings. The first kappa shape index (κ1) is 16.4. The lowest BCUT2D eigenvalue weighted by Crippen LogP contribution is -2.05. The maximum Gasteiger partial charge on any atom is 0.216 e. The van der Waals surface area contributed by atoms with Crippen LogP contribution in [-0.4, -0.2) is 27.2 Å². The molecule has 0 bridgehead atoms. The molecule has 0 saturated carbocycles. The quantitative estimate of drug-likeness (QED) is 0.621. The van der Waals surface area contributed by atoms with Crippen LogP contribution in [0.1, 0.15) is 45.0 Å². The molecule has 1 N–H and O–H groups in total. The van der Waals surface area contributed by atoms with E-state index in [0.29, 0.717) is 4.77 Å². The fourth-order valence-corrected chi connectivity index (χ4v) is 2.17. The van der Waals surface area contributed by atoms with E-state index in [9.17, 15) is 0 Å². The number of H-pyrrole nitrogens is 1. The zero-order chi connectivity index (χ0) is 15.9. The number of hydrogen-bond donors (Lipinski definition) is 1. The van der Waals surface area contributed by atoms with Crippen LogP contribution in [0, 0.1) is 4.77 Å². The van der Waals surface area contributed by atoms with Gasteiger partial charge in [0.25, 0.3) is 0 Å². The molecule has 0 saturated heterocycles. The number of aromatic nitrogens is 3. The number of nitrogens with one attached hydrogen (secondary N) is 1. The average Bonchev–Trinajstić information content (AvgIpc) is 2.84. The highest BCUT2D eigenvalue weighted by Gasteiger charge is 2.04. The van der Waals surface area contributed by atoms with E-state index in [1.165, 1.54) is 0 Å². The van der Waals surface area contributed by atoms with Gasteiger partial charge in [-0.15, -0.1) is 0 Å². The summed E-state index contributed by atoms with van der Waals surface area (Å²) in [5.74, 6) is 1.72. The fourth-order valence-electron chi connectivity index (χ4n) is 1.97. The van der Waals surface area contributed by atoms with Crippen LogP contribution in [0.15, 0.2) is 29.4 Å². The molecule has 5 nitrogen and oxygen atoms in total. The van der Waals surface area contributed by atoms with E-state index in [1.807, 2.05) is 38.1 Å². The molecule has 0 fully saturated rings. The maximum absolute atomic E-state index is 5.62. The molecule has 2 aromatic rings. The van der Waals surface area contributed by atoms with Crippen molar-refractivity contribution in [1.82, 2.24) is 14.9 Å². The van der Waals surface area contributed by atoms with Gasteiger partial charge < -0.3 is 4.74 Å². The average molecular weight is 318 g/mol. The number of unbranched alkanes of at least 4 members (excludes halogenated alkanes) is 1. The van der Waals surface area contributed by atoms with Crippen LogP contribution >= 0.6 is 12.2 Å². The van der Waals surface area contributed by atoms with E-state index in [-0.39, 0.29) is 6.10 Å². The lowest BCUT2D eigenvalue weighted by atomic mass is 10.2. The van der Waals surface area contributed by atoms with Gasteiger partial charge in [0, 0.05) is 6.42 Å². The summed E-state index contributed by atoms with van der Waals surface area (Å²) >= 11 is 5.22. The summed E-state index contributed by atoms with van der Waals surface area (Å²) in [6, 6.07) is 7.81. The van der Waals surface area contributed by atoms with Crippen molar-refractivity contribution in [1.29, 1.82) is 0 Å². The molecule has 6 heteroatoms. The Morgan fingerprint density at radius 3 is 2.73 bits per heavy atom. The van der Waals surface area contributed by atoms with Crippen molar-refractivity contribution in [2.24, 2.45) is 5.10 Å². The summed E-state index contributed by atoms with van der Waals surface area (Å²) < 4.78 is 7.82. The lowest BCUT2D eigenvalue weighted by Gasteiger charge is -2.09. The van der Waals surface area contributed by atoms with E-state index >= 15 is 0 Å². The molecule has 0 spiro atoms. The van der Waals surface area contributed by atoms with E-state index in [1.54, 1.807) is 10.9 Å². The zero-order valence-electron chi connectivity index (χ0n) is 13.2. The predicted molar refractivity (Wildman–Crippen MR) is 91.2 cm³/mol. The Labute approximate surface area is 136 Å². The zero-order valence-corrected chi connectivity index (χ0v) is 14.1. The molecule has 0 aliphatic heterocycles. The molecule has 0 unspecified atom stereocenters. The van der Waals surface area contributed by atoms with Gasteiger partial charge in [-0.1, -0.05) is 13.3 Å². The second kappa shape index (κ2) is 7.89. The summed E-state index contributed by atoms with van der Waals surface area (Å²) in [7, 11) is 0. The van der Waals surface area contributed by atoms with Gasteiger partial charge in [0.2, 0.25) is 4.77 Å². The number of rotatable bonds is 7. The monoisotopic (exact) mass is 318 g/mol. The number of hydrogen-bond acceptors (Lipinski definition) is 4. The van der Waals surface area contributed by atoms with Gasteiger partial charge in [-0.05, 0) is 62.3 Å². The summed E-state index contributed by atoms with van der Waals surface area (Å²) in [6.07, 6.45) is 4.99. The first-order valence-corrected chi connectivity index (χ1v) is 7.98. The summed E-state index contributed by atoms with van der Waals surface area (Å²) in [4.78, 5) is 0. The second-order valence-electron chi connectivity index (χ2n) is 5.34. The SMILES string of the molecule is CCCCc1n[nH]c(=S)n1/N=C/c1ccc(OC(C)C)cc1. The minimum absolute atomic E-state index is 0.171.